The van der Waals surface area contributed by atoms with Gasteiger partial charge in [-0.15, -0.1) is 0 Å². The van der Waals surface area contributed by atoms with E-state index in [0.717, 1.165) is 57.1 Å². The fourth-order valence-electron chi connectivity index (χ4n) is 3.70. The molecule has 3 rings (SSSR count). The summed E-state index contributed by atoms with van der Waals surface area (Å²) >= 11 is 5.94. The number of amides is 1. The SMILES string of the molecule is CC1CCCCN1C(=O)CN1CCN(Cc2ccc(Cl)cc2)CC1. The molecule has 1 amide bonds. The first-order valence-electron chi connectivity index (χ1n) is 9.10. The van der Waals surface area contributed by atoms with Crippen molar-refractivity contribution in [2.75, 3.05) is 39.3 Å². The summed E-state index contributed by atoms with van der Waals surface area (Å²) in [7, 11) is 0. The second-order valence-corrected chi connectivity index (χ2v) is 7.55. The molecule has 0 bridgehead atoms. The van der Waals surface area contributed by atoms with Gasteiger partial charge >= 0.3 is 0 Å². The van der Waals surface area contributed by atoms with E-state index in [1.165, 1.54) is 12.0 Å². The van der Waals surface area contributed by atoms with Crippen LogP contribution in [0, 0.1) is 0 Å². The molecular weight excluding hydrogens is 322 g/mol. The predicted octanol–water partition coefficient (Wildman–Crippen LogP) is 2.86. The zero-order valence-corrected chi connectivity index (χ0v) is 15.3. The molecule has 0 spiro atoms. The number of piperidine rings is 1. The third-order valence-corrected chi connectivity index (χ3v) is 5.52. The maximum atomic E-state index is 12.5. The Morgan fingerprint density at radius 1 is 1.04 bits per heavy atom. The Bertz CT molecular complexity index is 540. The van der Waals surface area contributed by atoms with Crippen molar-refractivity contribution in [1.82, 2.24) is 14.7 Å². The molecule has 1 aromatic carbocycles. The monoisotopic (exact) mass is 349 g/mol. The molecule has 0 saturated carbocycles. The highest BCUT2D eigenvalue weighted by molar-refractivity contribution is 6.30. The van der Waals surface area contributed by atoms with E-state index in [1.807, 2.05) is 12.1 Å². The second kappa shape index (κ2) is 8.32. The van der Waals surface area contributed by atoms with Crippen LogP contribution in [0.2, 0.25) is 5.02 Å². The second-order valence-electron chi connectivity index (χ2n) is 7.11. The lowest BCUT2D eigenvalue weighted by Gasteiger charge is -2.38. The van der Waals surface area contributed by atoms with Gasteiger partial charge in [-0.25, -0.2) is 0 Å². The molecule has 2 fully saturated rings. The number of nitrogens with zero attached hydrogens (tertiary/aromatic N) is 3. The van der Waals surface area contributed by atoms with E-state index in [-0.39, 0.29) is 0 Å². The first-order valence-corrected chi connectivity index (χ1v) is 9.48. The van der Waals surface area contributed by atoms with Crippen molar-refractivity contribution < 1.29 is 4.79 Å². The molecule has 2 aliphatic rings. The van der Waals surface area contributed by atoms with Gasteiger partial charge in [0, 0.05) is 50.3 Å². The Hall–Kier alpha value is -1.10. The number of carbonyl (C=O) groups excluding carboxylic acids is 1. The maximum Gasteiger partial charge on any atom is 0.236 e. The minimum absolute atomic E-state index is 0.313. The molecule has 0 N–H and O–H groups in total. The number of hydrogen-bond donors (Lipinski definition) is 0. The van der Waals surface area contributed by atoms with Crippen molar-refractivity contribution in [1.29, 1.82) is 0 Å². The minimum Gasteiger partial charge on any atom is -0.339 e. The van der Waals surface area contributed by atoms with Crippen LogP contribution in [0.1, 0.15) is 31.7 Å². The van der Waals surface area contributed by atoms with Gasteiger partial charge in [-0.1, -0.05) is 23.7 Å². The van der Waals surface area contributed by atoms with Crippen LogP contribution in [0.4, 0.5) is 0 Å². The van der Waals surface area contributed by atoms with Crippen LogP contribution >= 0.6 is 11.6 Å². The summed E-state index contributed by atoms with van der Waals surface area (Å²) in [5, 5.41) is 0.786. The summed E-state index contributed by atoms with van der Waals surface area (Å²) in [6.45, 7) is 8.65. The molecule has 0 aromatic heterocycles. The van der Waals surface area contributed by atoms with E-state index in [4.69, 9.17) is 11.6 Å². The van der Waals surface area contributed by atoms with Crippen LogP contribution in [0.3, 0.4) is 0 Å². The summed E-state index contributed by atoms with van der Waals surface area (Å²) in [5.74, 6) is 0.313. The van der Waals surface area contributed by atoms with Crippen molar-refractivity contribution in [3.63, 3.8) is 0 Å². The molecular formula is C19H28ClN3O. The maximum absolute atomic E-state index is 12.5. The minimum atomic E-state index is 0.313. The number of halogens is 1. The van der Waals surface area contributed by atoms with Crippen LogP contribution in [-0.4, -0.2) is 65.9 Å². The molecule has 2 saturated heterocycles. The molecule has 4 nitrogen and oxygen atoms in total. The molecule has 5 heteroatoms. The largest absolute Gasteiger partial charge is 0.339 e. The molecule has 0 aliphatic carbocycles. The summed E-state index contributed by atoms with van der Waals surface area (Å²) < 4.78 is 0. The molecule has 0 radical (unpaired) electrons. The zero-order chi connectivity index (χ0) is 16.9. The van der Waals surface area contributed by atoms with Gasteiger partial charge in [0.15, 0.2) is 0 Å². The zero-order valence-electron chi connectivity index (χ0n) is 14.6. The van der Waals surface area contributed by atoms with Gasteiger partial charge < -0.3 is 4.90 Å². The Balaban J connectivity index is 1.43. The van der Waals surface area contributed by atoms with E-state index in [9.17, 15) is 4.79 Å². The van der Waals surface area contributed by atoms with Crippen LogP contribution in [0.25, 0.3) is 0 Å². The van der Waals surface area contributed by atoms with Gasteiger partial charge in [0.2, 0.25) is 5.91 Å². The van der Waals surface area contributed by atoms with Gasteiger partial charge in [-0.05, 0) is 43.9 Å². The third-order valence-electron chi connectivity index (χ3n) is 5.27. The summed E-state index contributed by atoms with van der Waals surface area (Å²) in [4.78, 5) is 19.4. The summed E-state index contributed by atoms with van der Waals surface area (Å²) in [6.07, 6.45) is 3.57. The fraction of sp³-hybridized carbons (Fsp3) is 0.632. The average Bonchev–Trinajstić information content (AvgIpc) is 2.59. The first kappa shape index (κ1) is 17.7. The predicted molar refractivity (Wildman–Crippen MR) is 98.2 cm³/mol. The van der Waals surface area contributed by atoms with Crippen LogP contribution in [-0.2, 0) is 11.3 Å². The summed E-state index contributed by atoms with van der Waals surface area (Å²) in [6, 6.07) is 8.50. The highest BCUT2D eigenvalue weighted by atomic mass is 35.5. The Labute approximate surface area is 150 Å². The molecule has 132 valence electrons. The lowest BCUT2D eigenvalue weighted by molar-refractivity contribution is -0.136. The van der Waals surface area contributed by atoms with Crippen LogP contribution < -0.4 is 0 Å². The number of piperazine rings is 1. The van der Waals surface area contributed by atoms with Crippen LogP contribution in [0.15, 0.2) is 24.3 Å². The van der Waals surface area contributed by atoms with E-state index < -0.39 is 0 Å². The van der Waals surface area contributed by atoms with Crippen LogP contribution in [0.5, 0.6) is 0 Å². The van der Waals surface area contributed by atoms with Gasteiger partial charge in [0.25, 0.3) is 0 Å². The molecule has 2 aliphatic heterocycles. The van der Waals surface area contributed by atoms with E-state index in [0.29, 0.717) is 18.5 Å². The van der Waals surface area contributed by atoms with Gasteiger partial charge in [0.1, 0.15) is 0 Å². The van der Waals surface area contributed by atoms with Gasteiger partial charge in [-0.3, -0.25) is 14.6 Å². The highest BCUT2D eigenvalue weighted by Gasteiger charge is 2.26. The lowest BCUT2D eigenvalue weighted by Crippen LogP contribution is -2.51. The number of hydrogen-bond acceptors (Lipinski definition) is 3. The quantitative estimate of drug-likeness (QED) is 0.836. The van der Waals surface area contributed by atoms with E-state index in [1.54, 1.807) is 0 Å². The Morgan fingerprint density at radius 3 is 2.38 bits per heavy atom. The normalized spacial score (nSPS) is 23.4. The molecule has 24 heavy (non-hydrogen) atoms. The van der Waals surface area contributed by atoms with Crippen molar-refractivity contribution in [3.8, 4) is 0 Å². The molecule has 2 heterocycles. The average molecular weight is 350 g/mol. The fourth-order valence-corrected chi connectivity index (χ4v) is 3.83. The smallest absolute Gasteiger partial charge is 0.236 e. The summed E-state index contributed by atoms with van der Waals surface area (Å²) in [5.41, 5.74) is 1.30. The number of benzene rings is 1. The van der Waals surface area contributed by atoms with Crippen molar-refractivity contribution in [3.05, 3.63) is 34.9 Å². The number of carbonyl (C=O) groups is 1. The molecule has 1 atom stereocenters. The highest BCUT2D eigenvalue weighted by Crippen LogP contribution is 2.17. The molecule has 1 unspecified atom stereocenters. The topological polar surface area (TPSA) is 26.8 Å². The Kier molecular flexibility index (Phi) is 6.14. The van der Waals surface area contributed by atoms with Gasteiger partial charge in [0.05, 0.1) is 6.54 Å². The van der Waals surface area contributed by atoms with E-state index in [2.05, 4.69) is 33.8 Å². The third kappa shape index (κ3) is 4.71. The number of likely N-dealkylation sites (tertiary alicyclic amines) is 1. The van der Waals surface area contributed by atoms with E-state index >= 15 is 0 Å². The molecule has 1 aromatic rings. The number of rotatable bonds is 4. The Morgan fingerprint density at radius 2 is 1.71 bits per heavy atom. The van der Waals surface area contributed by atoms with Gasteiger partial charge in [-0.2, -0.15) is 0 Å². The van der Waals surface area contributed by atoms with Crippen molar-refractivity contribution >= 4 is 17.5 Å². The lowest BCUT2D eigenvalue weighted by atomic mass is 10.0. The first-order chi connectivity index (χ1) is 11.6. The van der Waals surface area contributed by atoms with Crippen molar-refractivity contribution in [2.45, 2.75) is 38.8 Å². The standard InChI is InChI=1S/C19H28ClN3O/c1-16-4-2-3-9-23(16)19(24)15-22-12-10-21(11-13-22)14-17-5-7-18(20)8-6-17/h5-8,16H,2-4,9-15H2,1H3. The van der Waals surface area contributed by atoms with Crippen molar-refractivity contribution in [2.24, 2.45) is 0 Å².